The molecule has 0 saturated carbocycles. The summed E-state index contributed by atoms with van der Waals surface area (Å²) >= 11 is 0. The first-order chi connectivity index (χ1) is 9.80. The van der Waals surface area contributed by atoms with E-state index < -0.39 is 0 Å². The summed E-state index contributed by atoms with van der Waals surface area (Å²) in [5, 5.41) is 13.8. The van der Waals surface area contributed by atoms with E-state index in [0.717, 1.165) is 42.3 Å². The van der Waals surface area contributed by atoms with E-state index >= 15 is 0 Å². The monoisotopic (exact) mass is 273 g/mol. The minimum absolute atomic E-state index is 0.231. The first-order valence-corrected chi connectivity index (χ1v) is 6.95. The minimum Gasteiger partial charge on any atom is -0.496 e. The molecule has 5 nitrogen and oxygen atoms in total. The first-order valence-electron chi connectivity index (χ1n) is 6.95. The largest absolute Gasteiger partial charge is 0.496 e. The summed E-state index contributed by atoms with van der Waals surface area (Å²) in [4.78, 5) is 4.60. The van der Waals surface area contributed by atoms with Crippen LogP contribution in [0.15, 0.2) is 24.3 Å². The molecule has 0 amide bonds. The number of benzene rings is 1. The predicted octanol–water partition coefficient (Wildman–Crippen LogP) is 1.43. The summed E-state index contributed by atoms with van der Waals surface area (Å²) in [6.07, 6.45) is 2.46. The van der Waals surface area contributed by atoms with Gasteiger partial charge in [-0.2, -0.15) is 5.10 Å². The smallest absolute Gasteiger partial charge is 0.155 e. The van der Waals surface area contributed by atoms with Crippen molar-refractivity contribution in [3.63, 3.8) is 0 Å². The molecule has 0 radical (unpaired) electrons. The van der Waals surface area contributed by atoms with E-state index in [1.165, 1.54) is 0 Å². The summed E-state index contributed by atoms with van der Waals surface area (Å²) in [6.45, 7) is 1.08. The van der Waals surface area contributed by atoms with Crippen molar-refractivity contribution in [1.29, 1.82) is 0 Å². The Bertz CT molecular complexity index is 595. The lowest BCUT2D eigenvalue weighted by molar-refractivity contribution is 0.196. The number of methoxy groups -OCH3 is 1. The van der Waals surface area contributed by atoms with Crippen molar-refractivity contribution in [2.75, 3.05) is 13.7 Å². The van der Waals surface area contributed by atoms with Gasteiger partial charge in [0.2, 0.25) is 0 Å². The number of hydrogen-bond donors (Lipinski definition) is 1. The van der Waals surface area contributed by atoms with Gasteiger partial charge >= 0.3 is 0 Å². The van der Waals surface area contributed by atoms with Crippen LogP contribution >= 0.6 is 0 Å². The number of aromatic nitrogens is 3. The average Bonchev–Trinajstić information content (AvgIpc) is 2.89. The number of hydrogen-bond acceptors (Lipinski definition) is 4. The molecule has 20 heavy (non-hydrogen) atoms. The molecular formula is C15H19N3O2. The molecule has 2 aromatic rings. The molecule has 0 spiro atoms. The van der Waals surface area contributed by atoms with Crippen molar-refractivity contribution in [2.45, 2.75) is 25.8 Å². The van der Waals surface area contributed by atoms with Gasteiger partial charge in [0.1, 0.15) is 11.6 Å². The molecule has 1 aromatic carbocycles. The molecule has 1 aliphatic rings. The van der Waals surface area contributed by atoms with Crippen LogP contribution in [0.2, 0.25) is 0 Å². The van der Waals surface area contributed by atoms with Gasteiger partial charge in [-0.05, 0) is 18.4 Å². The van der Waals surface area contributed by atoms with Gasteiger partial charge in [0.15, 0.2) is 5.82 Å². The second kappa shape index (κ2) is 5.63. The SMILES string of the molecule is COc1ccccc1Cc1nc2n(n1)CCC(CO)C2. The lowest BCUT2D eigenvalue weighted by atomic mass is 9.99. The van der Waals surface area contributed by atoms with Gasteiger partial charge < -0.3 is 9.84 Å². The molecule has 1 unspecified atom stereocenters. The molecular weight excluding hydrogens is 254 g/mol. The topological polar surface area (TPSA) is 60.2 Å². The van der Waals surface area contributed by atoms with Gasteiger partial charge in [-0.15, -0.1) is 0 Å². The van der Waals surface area contributed by atoms with E-state index in [-0.39, 0.29) is 6.61 Å². The molecule has 0 saturated heterocycles. The Hall–Kier alpha value is -1.88. The average molecular weight is 273 g/mol. The lowest BCUT2D eigenvalue weighted by Crippen LogP contribution is -2.22. The zero-order valence-corrected chi connectivity index (χ0v) is 11.6. The number of aliphatic hydroxyl groups is 1. The van der Waals surface area contributed by atoms with Crippen LogP contribution in [0.4, 0.5) is 0 Å². The van der Waals surface area contributed by atoms with Crippen molar-refractivity contribution in [3.05, 3.63) is 41.5 Å². The van der Waals surface area contributed by atoms with Gasteiger partial charge in [-0.3, -0.25) is 0 Å². The van der Waals surface area contributed by atoms with Gasteiger partial charge in [-0.25, -0.2) is 9.67 Å². The van der Waals surface area contributed by atoms with Crippen LogP contribution in [-0.2, 0) is 19.4 Å². The Kier molecular flexibility index (Phi) is 3.69. The molecule has 1 aliphatic heterocycles. The molecule has 0 fully saturated rings. The zero-order chi connectivity index (χ0) is 13.9. The highest BCUT2D eigenvalue weighted by Gasteiger charge is 2.21. The third kappa shape index (κ3) is 2.54. The fraction of sp³-hybridized carbons (Fsp3) is 0.467. The molecule has 1 atom stereocenters. The summed E-state index contributed by atoms with van der Waals surface area (Å²) < 4.78 is 7.33. The first kappa shape index (κ1) is 13.1. The Morgan fingerprint density at radius 1 is 1.40 bits per heavy atom. The quantitative estimate of drug-likeness (QED) is 0.915. The van der Waals surface area contributed by atoms with E-state index in [1.807, 2.05) is 28.9 Å². The minimum atomic E-state index is 0.231. The van der Waals surface area contributed by atoms with Crippen molar-refractivity contribution in [3.8, 4) is 5.75 Å². The molecule has 0 aliphatic carbocycles. The third-order valence-corrected chi connectivity index (χ3v) is 3.81. The van der Waals surface area contributed by atoms with Crippen LogP contribution in [0.25, 0.3) is 0 Å². The fourth-order valence-electron chi connectivity index (χ4n) is 2.67. The van der Waals surface area contributed by atoms with Crippen LogP contribution in [0, 0.1) is 5.92 Å². The molecule has 1 aromatic heterocycles. The highest BCUT2D eigenvalue weighted by atomic mass is 16.5. The maximum absolute atomic E-state index is 9.25. The van der Waals surface area contributed by atoms with E-state index in [1.54, 1.807) is 7.11 Å². The molecule has 1 N–H and O–H groups in total. The van der Waals surface area contributed by atoms with Crippen LogP contribution < -0.4 is 4.74 Å². The second-order valence-corrected chi connectivity index (χ2v) is 5.20. The van der Waals surface area contributed by atoms with Gasteiger partial charge in [0.05, 0.1) is 7.11 Å². The lowest BCUT2D eigenvalue weighted by Gasteiger charge is -2.19. The van der Waals surface area contributed by atoms with Gasteiger partial charge in [-0.1, -0.05) is 18.2 Å². The summed E-state index contributed by atoms with van der Waals surface area (Å²) in [5.41, 5.74) is 1.09. The number of nitrogens with zero attached hydrogens (tertiary/aromatic N) is 3. The van der Waals surface area contributed by atoms with Crippen LogP contribution in [0.3, 0.4) is 0 Å². The van der Waals surface area contributed by atoms with Gasteiger partial charge in [0.25, 0.3) is 0 Å². The van der Waals surface area contributed by atoms with Crippen LogP contribution in [0.1, 0.15) is 23.6 Å². The van der Waals surface area contributed by atoms with E-state index in [9.17, 15) is 5.11 Å². The normalized spacial score (nSPS) is 17.8. The van der Waals surface area contributed by atoms with Crippen molar-refractivity contribution >= 4 is 0 Å². The molecule has 0 bridgehead atoms. The highest BCUT2D eigenvalue weighted by molar-refractivity contribution is 5.35. The van der Waals surface area contributed by atoms with E-state index in [4.69, 9.17) is 4.74 Å². The summed E-state index contributed by atoms with van der Waals surface area (Å²) in [7, 11) is 1.68. The van der Waals surface area contributed by atoms with Crippen LogP contribution in [0.5, 0.6) is 5.75 Å². The van der Waals surface area contributed by atoms with Crippen molar-refractivity contribution < 1.29 is 9.84 Å². The van der Waals surface area contributed by atoms with Crippen molar-refractivity contribution in [2.24, 2.45) is 5.92 Å². The summed E-state index contributed by atoms with van der Waals surface area (Å²) in [6, 6.07) is 7.94. The summed E-state index contributed by atoms with van der Waals surface area (Å²) in [5.74, 6) is 3.00. The second-order valence-electron chi connectivity index (χ2n) is 5.20. The van der Waals surface area contributed by atoms with Gasteiger partial charge in [0, 0.05) is 31.6 Å². The number of aryl methyl sites for hydroxylation is 1. The Morgan fingerprint density at radius 3 is 3.05 bits per heavy atom. The Labute approximate surface area is 118 Å². The third-order valence-electron chi connectivity index (χ3n) is 3.81. The van der Waals surface area contributed by atoms with E-state index in [2.05, 4.69) is 10.1 Å². The number of para-hydroxylation sites is 1. The highest BCUT2D eigenvalue weighted by Crippen LogP contribution is 2.22. The number of rotatable bonds is 4. The number of aliphatic hydroxyl groups excluding tert-OH is 1. The maximum Gasteiger partial charge on any atom is 0.155 e. The Morgan fingerprint density at radius 2 is 2.25 bits per heavy atom. The predicted molar refractivity (Wildman–Crippen MR) is 74.7 cm³/mol. The van der Waals surface area contributed by atoms with E-state index in [0.29, 0.717) is 12.3 Å². The zero-order valence-electron chi connectivity index (χ0n) is 11.6. The molecule has 3 rings (SSSR count). The molecule has 106 valence electrons. The molecule has 2 heterocycles. The molecule has 5 heteroatoms. The Balaban J connectivity index is 1.81. The van der Waals surface area contributed by atoms with Crippen molar-refractivity contribution in [1.82, 2.24) is 14.8 Å². The maximum atomic E-state index is 9.25. The number of ether oxygens (including phenoxy) is 1. The van der Waals surface area contributed by atoms with Crippen LogP contribution in [-0.4, -0.2) is 33.6 Å². The standard InChI is InChI=1S/C15H19N3O2/c1-20-13-5-3-2-4-12(13)9-14-16-15-8-11(10-19)6-7-18(15)17-14/h2-5,11,19H,6-10H2,1H3. The number of fused-ring (bicyclic) bond motifs is 1. The fourth-order valence-corrected chi connectivity index (χ4v) is 2.67.